The molecular formula is C12H15ClN4. The van der Waals surface area contributed by atoms with Gasteiger partial charge >= 0.3 is 0 Å². The maximum atomic E-state index is 6.19. The highest BCUT2D eigenvalue weighted by atomic mass is 35.5. The van der Waals surface area contributed by atoms with Crippen molar-refractivity contribution in [3.63, 3.8) is 0 Å². The number of nitrogens with two attached hydrogens (primary N) is 1. The first-order valence-electron chi connectivity index (χ1n) is 5.47. The fourth-order valence-electron chi connectivity index (χ4n) is 1.88. The van der Waals surface area contributed by atoms with Crippen molar-refractivity contribution in [2.45, 2.75) is 26.8 Å². The minimum absolute atomic E-state index is 0.286. The van der Waals surface area contributed by atoms with E-state index in [0.29, 0.717) is 10.7 Å². The van der Waals surface area contributed by atoms with Crippen LogP contribution in [0.5, 0.6) is 0 Å². The Morgan fingerprint density at radius 3 is 2.59 bits per heavy atom. The Bertz CT molecular complexity index is 545. The quantitative estimate of drug-likeness (QED) is 0.834. The molecule has 0 bridgehead atoms. The predicted molar refractivity (Wildman–Crippen MR) is 70.0 cm³/mol. The molecule has 0 saturated carbocycles. The van der Waals surface area contributed by atoms with Gasteiger partial charge in [0, 0.05) is 17.3 Å². The molecule has 1 aromatic carbocycles. The summed E-state index contributed by atoms with van der Waals surface area (Å²) in [6.07, 6.45) is 0. The largest absolute Gasteiger partial charge is 0.399 e. The number of nitrogen functional groups attached to an aromatic ring is 1. The highest BCUT2D eigenvalue weighted by Crippen LogP contribution is 2.30. The zero-order valence-corrected chi connectivity index (χ0v) is 10.9. The Balaban J connectivity index is 2.61. The fraction of sp³-hybridized carbons (Fsp3) is 0.333. The Morgan fingerprint density at radius 2 is 2.00 bits per heavy atom. The lowest BCUT2D eigenvalue weighted by atomic mass is 10.2. The molecule has 90 valence electrons. The number of nitrogens with zero attached hydrogens (tertiary/aromatic N) is 3. The summed E-state index contributed by atoms with van der Waals surface area (Å²) in [5.41, 5.74) is 7.18. The summed E-state index contributed by atoms with van der Waals surface area (Å²) in [7, 11) is 0. The number of hydrogen-bond acceptors (Lipinski definition) is 3. The smallest absolute Gasteiger partial charge is 0.165 e. The van der Waals surface area contributed by atoms with Crippen LogP contribution in [0.1, 0.15) is 25.7 Å². The molecule has 5 heteroatoms. The van der Waals surface area contributed by atoms with Gasteiger partial charge in [-0.3, -0.25) is 0 Å². The number of hydrogen-bond donors (Lipinski definition) is 1. The van der Waals surface area contributed by atoms with E-state index >= 15 is 0 Å². The number of benzene rings is 1. The van der Waals surface area contributed by atoms with Gasteiger partial charge in [-0.25, -0.2) is 0 Å². The highest BCUT2D eigenvalue weighted by Gasteiger charge is 2.15. The van der Waals surface area contributed by atoms with E-state index in [2.05, 4.69) is 28.6 Å². The van der Waals surface area contributed by atoms with Crippen LogP contribution in [0.3, 0.4) is 0 Å². The van der Waals surface area contributed by atoms with E-state index in [4.69, 9.17) is 17.3 Å². The monoisotopic (exact) mass is 250 g/mol. The highest BCUT2D eigenvalue weighted by molar-refractivity contribution is 6.33. The average Bonchev–Trinajstić information content (AvgIpc) is 2.60. The lowest BCUT2D eigenvalue weighted by molar-refractivity contribution is 0.587. The van der Waals surface area contributed by atoms with Crippen molar-refractivity contribution in [2.75, 3.05) is 5.73 Å². The van der Waals surface area contributed by atoms with E-state index in [0.717, 1.165) is 17.2 Å². The van der Waals surface area contributed by atoms with E-state index < -0.39 is 0 Å². The Labute approximate surface area is 105 Å². The maximum Gasteiger partial charge on any atom is 0.165 e. The van der Waals surface area contributed by atoms with Gasteiger partial charge in [0.15, 0.2) is 5.82 Å². The topological polar surface area (TPSA) is 56.7 Å². The second-order valence-corrected chi connectivity index (χ2v) is 4.68. The van der Waals surface area contributed by atoms with Crippen molar-refractivity contribution in [2.24, 2.45) is 0 Å². The summed E-state index contributed by atoms with van der Waals surface area (Å²) < 4.78 is 2.05. The predicted octanol–water partition coefficient (Wildman–Crippen LogP) is 3.07. The maximum absolute atomic E-state index is 6.19. The molecule has 0 radical (unpaired) electrons. The summed E-state index contributed by atoms with van der Waals surface area (Å²) in [6.45, 7) is 6.11. The van der Waals surface area contributed by atoms with Crippen LogP contribution < -0.4 is 5.73 Å². The number of aryl methyl sites for hydroxylation is 1. The lowest BCUT2D eigenvalue weighted by Gasteiger charge is -2.13. The summed E-state index contributed by atoms with van der Waals surface area (Å²) >= 11 is 6.19. The SMILES string of the molecule is Cc1nnc(-c2ccc(N)cc2Cl)n1C(C)C. The molecule has 1 aromatic heterocycles. The number of halogens is 1. The third-order valence-electron chi connectivity index (χ3n) is 2.62. The molecule has 0 aliphatic heterocycles. The Kier molecular flexibility index (Phi) is 3.07. The van der Waals surface area contributed by atoms with E-state index in [1.54, 1.807) is 6.07 Å². The number of rotatable bonds is 2. The van der Waals surface area contributed by atoms with Crippen molar-refractivity contribution in [1.82, 2.24) is 14.8 Å². The third-order valence-corrected chi connectivity index (χ3v) is 2.93. The van der Waals surface area contributed by atoms with Crippen LogP contribution in [0, 0.1) is 6.92 Å². The van der Waals surface area contributed by atoms with Gasteiger partial charge in [-0.15, -0.1) is 10.2 Å². The first-order chi connectivity index (χ1) is 8.00. The van der Waals surface area contributed by atoms with E-state index in [9.17, 15) is 0 Å². The number of anilines is 1. The minimum atomic E-state index is 0.286. The van der Waals surface area contributed by atoms with Crippen LogP contribution in [0.2, 0.25) is 5.02 Å². The van der Waals surface area contributed by atoms with Crippen LogP contribution in [-0.4, -0.2) is 14.8 Å². The molecule has 1 heterocycles. The van der Waals surface area contributed by atoms with Crippen LogP contribution in [0.15, 0.2) is 18.2 Å². The van der Waals surface area contributed by atoms with Crippen LogP contribution in [0.4, 0.5) is 5.69 Å². The summed E-state index contributed by atoms with van der Waals surface area (Å²) in [4.78, 5) is 0. The van der Waals surface area contributed by atoms with E-state index in [-0.39, 0.29) is 6.04 Å². The molecule has 0 atom stereocenters. The van der Waals surface area contributed by atoms with Crippen molar-refractivity contribution in [3.8, 4) is 11.4 Å². The van der Waals surface area contributed by atoms with Gasteiger partial charge in [0.2, 0.25) is 0 Å². The second-order valence-electron chi connectivity index (χ2n) is 4.27. The normalized spacial score (nSPS) is 11.1. The molecule has 0 spiro atoms. The van der Waals surface area contributed by atoms with Gasteiger partial charge in [0.05, 0.1) is 5.02 Å². The van der Waals surface area contributed by atoms with Crippen LogP contribution in [-0.2, 0) is 0 Å². The molecule has 0 saturated heterocycles. The van der Waals surface area contributed by atoms with Crippen molar-refractivity contribution in [1.29, 1.82) is 0 Å². The zero-order valence-electron chi connectivity index (χ0n) is 10.1. The standard InChI is InChI=1S/C12H15ClN4/c1-7(2)17-8(3)15-16-12(17)10-5-4-9(14)6-11(10)13/h4-7H,14H2,1-3H3. The van der Waals surface area contributed by atoms with Gasteiger partial charge in [0.25, 0.3) is 0 Å². The molecule has 2 aromatic rings. The van der Waals surface area contributed by atoms with E-state index in [1.807, 2.05) is 19.1 Å². The van der Waals surface area contributed by atoms with Gasteiger partial charge in [-0.1, -0.05) is 11.6 Å². The lowest BCUT2D eigenvalue weighted by Crippen LogP contribution is -2.05. The Hall–Kier alpha value is -1.55. The molecule has 0 fully saturated rings. The summed E-state index contributed by atoms with van der Waals surface area (Å²) in [5, 5.41) is 8.88. The van der Waals surface area contributed by atoms with Gasteiger partial charge in [0.1, 0.15) is 5.82 Å². The van der Waals surface area contributed by atoms with Gasteiger partial charge in [-0.05, 0) is 39.0 Å². The number of aromatic nitrogens is 3. The van der Waals surface area contributed by atoms with Gasteiger partial charge < -0.3 is 10.3 Å². The fourth-order valence-corrected chi connectivity index (χ4v) is 2.16. The van der Waals surface area contributed by atoms with Crippen LogP contribution in [0.25, 0.3) is 11.4 Å². The van der Waals surface area contributed by atoms with Gasteiger partial charge in [-0.2, -0.15) is 0 Å². The summed E-state index contributed by atoms with van der Waals surface area (Å²) in [6, 6.07) is 5.70. The molecular weight excluding hydrogens is 236 g/mol. The summed E-state index contributed by atoms with van der Waals surface area (Å²) in [5.74, 6) is 1.66. The first kappa shape index (κ1) is 11.9. The van der Waals surface area contributed by atoms with E-state index in [1.165, 1.54) is 0 Å². The molecule has 0 amide bonds. The van der Waals surface area contributed by atoms with Crippen molar-refractivity contribution < 1.29 is 0 Å². The van der Waals surface area contributed by atoms with Crippen LogP contribution >= 0.6 is 11.6 Å². The molecule has 0 unspecified atom stereocenters. The molecule has 2 N–H and O–H groups in total. The first-order valence-corrected chi connectivity index (χ1v) is 5.85. The molecule has 0 aliphatic carbocycles. The second kappa shape index (κ2) is 4.37. The average molecular weight is 251 g/mol. The molecule has 17 heavy (non-hydrogen) atoms. The molecule has 0 aliphatic rings. The molecule has 2 rings (SSSR count). The minimum Gasteiger partial charge on any atom is -0.399 e. The van der Waals surface area contributed by atoms with Crippen molar-refractivity contribution in [3.05, 3.63) is 29.0 Å². The zero-order chi connectivity index (χ0) is 12.6. The third kappa shape index (κ3) is 2.13. The van der Waals surface area contributed by atoms with Crippen molar-refractivity contribution >= 4 is 17.3 Å². The Morgan fingerprint density at radius 1 is 1.29 bits per heavy atom. The molecule has 4 nitrogen and oxygen atoms in total.